The van der Waals surface area contributed by atoms with Gasteiger partial charge in [0, 0.05) is 5.02 Å². The summed E-state index contributed by atoms with van der Waals surface area (Å²) in [6.07, 6.45) is 2.68. The molecule has 1 heterocycles. The highest BCUT2D eigenvalue weighted by atomic mass is 35.5. The van der Waals surface area contributed by atoms with Crippen molar-refractivity contribution in [1.29, 1.82) is 0 Å². The van der Waals surface area contributed by atoms with Crippen molar-refractivity contribution in [1.82, 2.24) is 0 Å². The van der Waals surface area contributed by atoms with E-state index in [1.807, 2.05) is 54.6 Å². The Labute approximate surface area is 150 Å². The average molecular weight is 360 g/mol. The predicted molar refractivity (Wildman–Crippen MR) is 103 cm³/mol. The summed E-state index contributed by atoms with van der Waals surface area (Å²) in [6.45, 7) is 2.07. The minimum atomic E-state index is -0.0825. The molecule has 3 rings (SSSR count). The van der Waals surface area contributed by atoms with Gasteiger partial charge in [0.1, 0.15) is 0 Å². The fraction of sp³-hybridized carbons (Fsp3) is 0.111. The van der Waals surface area contributed by atoms with Gasteiger partial charge in [0.15, 0.2) is 4.32 Å². The highest BCUT2D eigenvalue weighted by Crippen LogP contribution is 2.37. The molecule has 1 fully saturated rings. The molecule has 1 aliphatic rings. The van der Waals surface area contributed by atoms with Crippen LogP contribution >= 0.6 is 35.6 Å². The second kappa shape index (κ2) is 6.87. The second-order valence-corrected chi connectivity index (χ2v) is 7.17. The maximum atomic E-state index is 12.8. The van der Waals surface area contributed by atoms with Crippen LogP contribution in [0.4, 0.5) is 5.69 Å². The van der Waals surface area contributed by atoms with Crippen molar-refractivity contribution < 1.29 is 4.79 Å². The first-order chi connectivity index (χ1) is 11.1. The van der Waals surface area contributed by atoms with Gasteiger partial charge in [-0.25, -0.2) is 0 Å². The molecule has 2 nitrogen and oxygen atoms in total. The lowest BCUT2D eigenvalue weighted by Gasteiger charge is -2.18. The number of halogens is 1. The molecule has 1 amide bonds. The summed E-state index contributed by atoms with van der Waals surface area (Å²) in [7, 11) is 0. The standard InChI is InChI=1S/C18H14ClNOS2/c1-2-13-7-3-4-9-15(13)20-17(21)16(23-18(20)22)11-12-6-5-8-14(19)10-12/h3-11H,2H2,1H3. The molecule has 0 unspecified atom stereocenters. The smallest absolute Gasteiger partial charge is 0.268 e. The number of thiocarbonyl (C=S) groups is 1. The first-order valence-electron chi connectivity index (χ1n) is 7.21. The van der Waals surface area contributed by atoms with E-state index in [2.05, 4.69) is 6.92 Å². The number of benzene rings is 2. The van der Waals surface area contributed by atoms with E-state index >= 15 is 0 Å². The third kappa shape index (κ3) is 3.34. The molecule has 2 aromatic carbocycles. The zero-order valence-electron chi connectivity index (χ0n) is 12.5. The second-order valence-electron chi connectivity index (χ2n) is 5.05. The number of carbonyl (C=O) groups excluding carboxylic acids is 1. The van der Waals surface area contributed by atoms with Crippen LogP contribution in [0, 0.1) is 0 Å². The number of amides is 1. The Hall–Kier alpha value is -1.62. The quantitative estimate of drug-likeness (QED) is 0.547. The van der Waals surface area contributed by atoms with Gasteiger partial charge in [-0.1, -0.05) is 72.8 Å². The molecule has 0 aromatic heterocycles. The van der Waals surface area contributed by atoms with Gasteiger partial charge in [0.25, 0.3) is 5.91 Å². The molecule has 0 bridgehead atoms. The molecule has 1 saturated heterocycles. The Morgan fingerprint density at radius 1 is 1.22 bits per heavy atom. The maximum Gasteiger partial charge on any atom is 0.270 e. The summed E-state index contributed by atoms with van der Waals surface area (Å²) in [6, 6.07) is 15.3. The summed E-state index contributed by atoms with van der Waals surface area (Å²) in [5, 5.41) is 0.644. The summed E-state index contributed by atoms with van der Waals surface area (Å²) < 4.78 is 0.559. The van der Waals surface area contributed by atoms with Crippen molar-refractivity contribution >= 4 is 57.6 Å². The fourth-order valence-electron chi connectivity index (χ4n) is 2.45. The van der Waals surface area contributed by atoms with Crippen LogP contribution in [0.25, 0.3) is 6.08 Å². The highest BCUT2D eigenvalue weighted by molar-refractivity contribution is 8.27. The lowest BCUT2D eigenvalue weighted by atomic mass is 10.1. The van der Waals surface area contributed by atoms with Crippen molar-refractivity contribution in [3.8, 4) is 0 Å². The van der Waals surface area contributed by atoms with Gasteiger partial charge < -0.3 is 0 Å². The van der Waals surface area contributed by atoms with E-state index in [9.17, 15) is 4.79 Å². The molecule has 23 heavy (non-hydrogen) atoms. The van der Waals surface area contributed by atoms with E-state index in [0.717, 1.165) is 23.2 Å². The van der Waals surface area contributed by atoms with E-state index in [-0.39, 0.29) is 5.91 Å². The van der Waals surface area contributed by atoms with E-state index in [1.54, 1.807) is 4.90 Å². The molecule has 116 valence electrons. The number of thioether (sulfide) groups is 1. The summed E-state index contributed by atoms with van der Waals surface area (Å²) in [4.78, 5) is 15.0. The van der Waals surface area contributed by atoms with Crippen LogP contribution in [0.5, 0.6) is 0 Å². The lowest BCUT2D eigenvalue weighted by Crippen LogP contribution is -2.28. The minimum Gasteiger partial charge on any atom is -0.268 e. The average Bonchev–Trinajstić information content (AvgIpc) is 2.81. The van der Waals surface area contributed by atoms with Gasteiger partial charge in [-0.3, -0.25) is 9.69 Å². The van der Waals surface area contributed by atoms with E-state index in [0.29, 0.717) is 14.2 Å². The minimum absolute atomic E-state index is 0.0825. The van der Waals surface area contributed by atoms with Crippen LogP contribution in [0.3, 0.4) is 0 Å². The van der Waals surface area contributed by atoms with E-state index in [4.69, 9.17) is 23.8 Å². The molecular formula is C18H14ClNOS2. The molecule has 2 aromatic rings. The Kier molecular flexibility index (Phi) is 4.85. The number of rotatable bonds is 3. The Bertz CT molecular complexity index is 816. The van der Waals surface area contributed by atoms with Crippen molar-refractivity contribution in [3.05, 3.63) is 69.6 Å². The van der Waals surface area contributed by atoms with Crippen molar-refractivity contribution in [3.63, 3.8) is 0 Å². The van der Waals surface area contributed by atoms with Gasteiger partial charge in [0.2, 0.25) is 0 Å². The van der Waals surface area contributed by atoms with E-state index in [1.165, 1.54) is 11.8 Å². The number of nitrogens with zero attached hydrogens (tertiary/aromatic N) is 1. The van der Waals surface area contributed by atoms with Gasteiger partial charge >= 0.3 is 0 Å². The zero-order chi connectivity index (χ0) is 16.4. The predicted octanol–water partition coefficient (Wildman–Crippen LogP) is 5.31. The topological polar surface area (TPSA) is 20.3 Å². The number of hydrogen-bond acceptors (Lipinski definition) is 3. The molecule has 0 atom stereocenters. The summed E-state index contributed by atoms with van der Waals surface area (Å²) >= 11 is 12.8. The summed E-state index contributed by atoms with van der Waals surface area (Å²) in [5.41, 5.74) is 2.86. The highest BCUT2D eigenvalue weighted by Gasteiger charge is 2.34. The van der Waals surface area contributed by atoms with Crippen LogP contribution in [0.2, 0.25) is 5.02 Å². The first kappa shape index (κ1) is 16.2. The Morgan fingerprint density at radius 2 is 2.00 bits per heavy atom. The van der Waals surface area contributed by atoms with Crippen LogP contribution in [0.15, 0.2) is 53.4 Å². The fourth-order valence-corrected chi connectivity index (χ4v) is 3.93. The first-order valence-corrected chi connectivity index (χ1v) is 8.82. The molecule has 0 spiro atoms. The number of aryl methyl sites for hydroxylation is 1. The van der Waals surface area contributed by atoms with Crippen LogP contribution in [-0.4, -0.2) is 10.2 Å². The lowest BCUT2D eigenvalue weighted by molar-refractivity contribution is -0.113. The number of para-hydroxylation sites is 1. The van der Waals surface area contributed by atoms with Crippen molar-refractivity contribution in [2.75, 3.05) is 4.90 Å². The van der Waals surface area contributed by atoms with Crippen molar-refractivity contribution in [2.24, 2.45) is 0 Å². The Morgan fingerprint density at radius 3 is 2.74 bits per heavy atom. The third-order valence-electron chi connectivity index (χ3n) is 3.55. The molecule has 0 saturated carbocycles. The summed E-state index contributed by atoms with van der Waals surface area (Å²) in [5.74, 6) is -0.0825. The van der Waals surface area contributed by atoms with Gasteiger partial charge in [-0.05, 0) is 41.8 Å². The van der Waals surface area contributed by atoms with Crippen LogP contribution < -0.4 is 4.90 Å². The maximum absolute atomic E-state index is 12.8. The van der Waals surface area contributed by atoms with Gasteiger partial charge in [-0.15, -0.1) is 0 Å². The zero-order valence-corrected chi connectivity index (χ0v) is 14.8. The van der Waals surface area contributed by atoms with Gasteiger partial charge in [-0.2, -0.15) is 0 Å². The van der Waals surface area contributed by atoms with Crippen LogP contribution in [0.1, 0.15) is 18.1 Å². The van der Waals surface area contributed by atoms with Crippen LogP contribution in [-0.2, 0) is 11.2 Å². The molecule has 0 aliphatic carbocycles. The molecule has 0 N–H and O–H groups in total. The monoisotopic (exact) mass is 359 g/mol. The SMILES string of the molecule is CCc1ccccc1N1C(=O)C(=Cc2cccc(Cl)c2)SC1=S. The Balaban J connectivity index is 1.97. The number of carbonyl (C=O) groups is 1. The number of anilines is 1. The van der Waals surface area contributed by atoms with E-state index < -0.39 is 0 Å². The molecule has 0 radical (unpaired) electrons. The largest absolute Gasteiger partial charge is 0.270 e. The number of hydrogen-bond donors (Lipinski definition) is 0. The molecule has 1 aliphatic heterocycles. The van der Waals surface area contributed by atoms with Crippen molar-refractivity contribution in [2.45, 2.75) is 13.3 Å². The normalized spacial score (nSPS) is 16.4. The third-order valence-corrected chi connectivity index (χ3v) is 5.09. The molecular weight excluding hydrogens is 346 g/mol. The van der Waals surface area contributed by atoms with Gasteiger partial charge in [0.05, 0.1) is 10.6 Å². The molecule has 5 heteroatoms.